The van der Waals surface area contributed by atoms with E-state index in [1.165, 1.54) is 10.4 Å². The van der Waals surface area contributed by atoms with Crippen molar-refractivity contribution in [3.63, 3.8) is 0 Å². The van der Waals surface area contributed by atoms with Crippen molar-refractivity contribution in [1.29, 1.82) is 0 Å². The second-order valence-electron chi connectivity index (χ2n) is 8.48. The summed E-state index contributed by atoms with van der Waals surface area (Å²) in [5.74, 6) is 0.605. The molecule has 0 saturated carbocycles. The lowest BCUT2D eigenvalue weighted by Gasteiger charge is -2.26. The fourth-order valence-corrected chi connectivity index (χ4v) is 5.64. The first-order valence-corrected chi connectivity index (χ1v) is 12.1. The third-order valence-electron chi connectivity index (χ3n) is 5.90. The van der Waals surface area contributed by atoms with E-state index >= 15 is 0 Å². The normalized spacial score (nSPS) is 15.3. The van der Waals surface area contributed by atoms with Crippen molar-refractivity contribution >= 4 is 21.6 Å². The van der Waals surface area contributed by atoms with Crippen molar-refractivity contribution in [3.8, 4) is 0 Å². The molecule has 0 unspecified atom stereocenters. The number of thiophene rings is 1. The van der Waals surface area contributed by atoms with E-state index in [1.807, 2.05) is 11.0 Å². The van der Waals surface area contributed by atoms with Gasteiger partial charge >= 0.3 is 0 Å². The molecule has 0 radical (unpaired) electrons. The molecule has 8 nitrogen and oxygen atoms in total. The molecule has 9 heteroatoms. The van der Waals surface area contributed by atoms with Crippen molar-refractivity contribution < 1.29 is 14.6 Å². The Morgan fingerprint density at radius 3 is 2.85 bits per heavy atom. The number of aromatic amines is 1. The van der Waals surface area contributed by atoms with Gasteiger partial charge in [0.2, 0.25) is 0 Å². The zero-order valence-corrected chi connectivity index (χ0v) is 20.1. The molecule has 1 atom stereocenters. The van der Waals surface area contributed by atoms with Crippen LogP contribution in [0.5, 0.6) is 0 Å². The fourth-order valence-electron chi connectivity index (χ4n) is 4.36. The Labute approximate surface area is 197 Å². The van der Waals surface area contributed by atoms with Gasteiger partial charge in [-0.15, -0.1) is 11.3 Å². The van der Waals surface area contributed by atoms with Crippen LogP contribution in [0.25, 0.3) is 10.2 Å². The van der Waals surface area contributed by atoms with Crippen molar-refractivity contribution in [2.24, 2.45) is 0 Å². The standard InChI is InChI=1S/C24H32N4O4S/c1-31-11-10-28(13-18(29)16-32-2)15-21-25-23(30)22-19-8-9-27(12-17-6-4-3-5-7-17)14-20(19)33-24(22)26-21/h3-7,18,29H,8-16H2,1-2H3,(H,25,26,30)/t18-/m0/s1. The number of methoxy groups -OCH3 is 2. The van der Waals surface area contributed by atoms with E-state index in [2.05, 4.69) is 34.1 Å². The Kier molecular flexibility index (Phi) is 8.24. The zero-order valence-electron chi connectivity index (χ0n) is 19.2. The van der Waals surface area contributed by atoms with Gasteiger partial charge in [-0.3, -0.25) is 14.6 Å². The number of H-pyrrole nitrogens is 1. The first-order chi connectivity index (χ1) is 16.1. The highest BCUT2D eigenvalue weighted by Crippen LogP contribution is 2.32. The van der Waals surface area contributed by atoms with Crippen LogP contribution >= 0.6 is 11.3 Å². The monoisotopic (exact) mass is 472 g/mol. The summed E-state index contributed by atoms with van der Waals surface area (Å²) in [5.41, 5.74) is 2.37. The quantitative estimate of drug-likeness (QED) is 0.441. The number of rotatable bonds is 11. The molecule has 1 aromatic carbocycles. The summed E-state index contributed by atoms with van der Waals surface area (Å²) >= 11 is 1.62. The summed E-state index contributed by atoms with van der Waals surface area (Å²) in [6.45, 7) is 4.91. The van der Waals surface area contributed by atoms with Crippen LogP contribution < -0.4 is 5.56 Å². The van der Waals surface area contributed by atoms with Crippen LogP contribution in [0.3, 0.4) is 0 Å². The summed E-state index contributed by atoms with van der Waals surface area (Å²) in [6, 6.07) is 10.5. The third-order valence-corrected chi connectivity index (χ3v) is 7.01. The van der Waals surface area contributed by atoms with Gasteiger partial charge in [0.15, 0.2) is 0 Å². The average molecular weight is 473 g/mol. The lowest BCUT2D eigenvalue weighted by molar-refractivity contribution is 0.0287. The Bertz CT molecular complexity index is 1100. The van der Waals surface area contributed by atoms with Crippen LogP contribution in [0.15, 0.2) is 35.1 Å². The van der Waals surface area contributed by atoms with Crippen LogP contribution in [0.2, 0.25) is 0 Å². The number of benzene rings is 1. The minimum atomic E-state index is -0.619. The van der Waals surface area contributed by atoms with Crippen molar-refractivity contribution in [2.45, 2.75) is 32.2 Å². The maximum absolute atomic E-state index is 13.0. The molecule has 0 fully saturated rings. The van der Waals surface area contributed by atoms with E-state index in [1.54, 1.807) is 25.6 Å². The second kappa shape index (κ2) is 11.3. The van der Waals surface area contributed by atoms with Gasteiger partial charge in [-0.25, -0.2) is 4.98 Å². The lowest BCUT2D eigenvalue weighted by atomic mass is 10.0. The van der Waals surface area contributed by atoms with Gasteiger partial charge in [0, 0.05) is 51.8 Å². The van der Waals surface area contributed by atoms with Crippen LogP contribution in [-0.2, 0) is 35.5 Å². The Morgan fingerprint density at radius 1 is 1.27 bits per heavy atom. The van der Waals surface area contributed by atoms with E-state index in [9.17, 15) is 9.90 Å². The minimum absolute atomic E-state index is 0.0758. The SMILES string of the molecule is COCCN(Cc1nc2sc3c(c2c(=O)[nH]1)CCN(Cc1ccccc1)C3)C[C@H](O)COC. The highest BCUT2D eigenvalue weighted by Gasteiger charge is 2.24. The number of nitrogens with one attached hydrogen (secondary N) is 1. The van der Waals surface area contributed by atoms with Crippen molar-refractivity contribution in [2.75, 3.05) is 47.1 Å². The molecule has 3 aromatic rings. The molecular weight excluding hydrogens is 440 g/mol. The number of aliphatic hydroxyl groups is 1. The second-order valence-corrected chi connectivity index (χ2v) is 9.56. The molecule has 2 N–H and O–H groups in total. The number of hydrogen-bond donors (Lipinski definition) is 2. The van der Waals surface area contributed by atoms with Gasteiger partial charge in [-0.05, 0) is 17.5 Å². The largest absolute Gasteiger partial charge is 0.389 e. The predicted octanol–water partition coefficient (Wildman–Crippen LogP) is 2.00. The summed E-state index contributed by atoms with van der Waals surface area (Å²) < 4.78 is 10.2. The van der Waals surface area contributed by atoms with E-state index in [-0.39, 0.29) is 12.2 Å². The molecule has 0 amide bonds. The summed E-state index contributed by atoms with van der Waals surface area (Å²) in [5, 5.41) is 10.9. The third kappa shape index (κ3) is 6.06. The van der Waals surface area contributed by atoms with Crippen LogP contribution in [0.1, 0.15) is 21.8 Å². The molecule has 0 aliphatic carbocycles. The van der Waals surface area contributed by atoms with Crippen molar-refractivity contribution in [1.82, 2.24) is 19.8 Å². The molecule has 0 spiro atoms. The average Bonchev–Trinajstić information content (AvgIpc) is 3.16. The summed E-state index contributed by atoms with van der Waals surface area (Å²) in [4.78, 5) is 27.3. The number of aromatic nitrogens is 2. The molecule has 4 rings (SSSR count). The molecule has 2 aromatic heterocycles. The smallest absolute Gasteiger partial charge is 0.259 e. The number of fused-ring (bicyclic) bond motifs is 3. The van der Waals surface area contributed by atoms with E-state index in [4.69, 9.17) is 14.5 Å². The van der Waals surface area contributed by atoms with Gasteiger partial charge in [0.1, 0.15) is 10.7 Å². The van der Waals surface area contributed by atoms with Crippen molar-refractivity contribution in [3.05, 3.63) is 62.5 Å². The maximum atomic E-state index is 13.0. The highest BCUT2D eigenvalue weighted by molar-refractivity contribution is 7.18. The summed E-state index contributed by atoms with van der Waals surface area (Å²) in [6.07, 6.45) is 0.238. The number of aliphatic hydroxyl groups excluding tert-OH is 1. The molecule has 1 aliphatic heterocycles. The van der Waals surface area contributed by atoms with E-state index < -0.39 is 6.10 Å². The zero-order chi connectivity index (χ0) is 23.2. The molecule has 33 heavy (non-hydrogen) atoms. The lowest BCUT2D eigenvalue weighted by Crippen LogP contribution is -2.37. The first kappa shape index (κ1) is 24.0. The minimum Gasteiger partial charge on any atom is -0.389 e. The number of ether oxygens (including phenoxy) is 2. The van der Waals surface area contributed by atoms with Crippen LogP contribution in [-0.4, -0.2) is 78.0 Å². The van der Waals surface area contributed by atoms with Crippen LogP contribution in [0.4, 0.5) is 0 Å². The van der Waals surface area contributed by atoms with Crippen LogP contribution in [0, 0.1) is 0 Å². The molecule has 178 valence electrons. The molecular formula is C24H32N4O4S. The van der Waals surface area contributed by atoms with Gasteiger partial charge in [-0.2, -0.15) is 0 Å². The number of nitrogens with zero attached hydrogens (tertiary/aromatic N) is 3. The van der Waals surface area contributed by atoms with Gasteiger partial charge in [0.05, 0.1) is 31.2 Å². The Balaban J connectivity index is 1.52. The topological polar surface area (TPSA) is 90.9 Å². The fraction of sp³-hybridized carbons (Fsp3) is 0.500. The Hall–Kier alpha value is -2.14. The molecule has 1 aliphatic rings. The molecule has 3 heterocycles. The predicted molar refractivity (Wildman–Crippen MR) is 130 cm³/mol. The highest BCUT2D eigenvalue weighted by atomic mass is 32.1. The molecule has 0 saturated heterocycles. The van der Waals surface area contributed by atoms with E-state index in [0.29, 0.717) is 32.1 Å². The molecule has 0 bridgehead atoms. The van der Waals surface area contributed by atoms with Gasteiger partial charge in [-0.1, -0.05) is 30.3 Å². The number of hydrogen-bond acceptors (Lipinski definition) is 8. The Morgan fingerprint density at radius 2 is 2.09 bits per heavy atom. The summed E-state index contributed by atoms with van der Waals surface area (Å²) in [7, 11) is 3.21. The maximum Gasteiger partial charge on any atom is 0.259 e. The van der Waals surface area contributed by atoms with Gasteiger partial charge in [0.25, 0.3) is 5.56 Å². The van der Waals surface area contributed by atoms with Gasteiger partial charge < -0.3 is 19.6 Å². The first-order valence-electron chi connectivity index (χ1n) is 11.3. The van der Waals surface area contributed by atoms with E-state index in [0.717, 1.165) is 41.8 Å².